The summed E-state index contributed by atoms with van der Waals surface area (Å²) < 4.78 is 0. The summed E-state index contributed by atoms with van der Waals surface area (Å²) in [7, 11) is 0. The van der Waals surface area contributed by atoms with Crippen molar-refractivity contribution in [2.24, 2.45) is 17.3 Å². The van der Waals surface area contributed by atoms with Crippen molar-refractivity contribution in [2.45, 2.75) is 47.5 Å². The van der Waals surface area contributed by atoms with Crippen molar-refractivity contribution >= 4 is 0 Å². The molecule has 0 saturated heterocycles. The van der Waals surface area contributed by atoms with E-state index in [-0.39, 0.29) is 5.41 Å². The Hall–Kier alpha value is 0. The van der Waals surface area contributed by atoms with Crippen LogP contribution in [0, 0.1) is 24.2 Å². The Kier molecular flexibility index (Phi) is 4.13. The largest absolute Gasteiger partial charge is 0.0628 e. The Morgan fingerprint density at radius 3 is 1.82 bits per heavy atom. The molecule has 0 nitrogen and oxygen atoms in total. The van der Waals surface area contributed by atoms with Gasteiger partial charge >= 0.3 is 0 Å². The minimum absolute atomic E-state index is 0.245. The van der Waals surface area contributed by atoms with Crippen molar-refractivity contribution in [3.63, 3.8) is 0 Å². The van der Waals surface area contributed by atoms with Gasteiger partial charge in [0.1, 0.15) is 0 Å². The quantitative estimate of drug-likeness (QED) is 0.577. The molecule has 0 spiro atoms. The van der Waals surface area contributed by atoms with Gasteiger partial charge in [0.2, 0.25) is 0 Å². The van der Waals surface area contributed by atoms with E-state index in [0.717, 1.165) is 11.8 Å². The molecule has 0 N–H and O–H groups in total. The van der Waals surface area contributed by atoms with Crippen LogP contribution in [0.3, 0.4) is 0 Å². The molecule has 0 fully saturated rings. The first-order valence-corrected chi connectivity index (χ1v) is 4.69. The second-order valence-corrected chi connectivity index (χ2v) is 4.86. The number of hydrogen-bond donors (Lipinski definition) is 0. The summed E-state index contributed by atoms with van der Waals surface area (Å²) in [6.45, 7) is 15.5. The van der Waals surface area contributed by atoms with E-state index in [1.54, 1.807) is 0 Å². The first-order chi connectivity index (χ1) is 4.84. The fraction of sp³-hybridized carbons (Fsp3) is 0.909. The third-order valence-corrected chi connectivity index (χ3v) is 2.51. The highest BCUT2D eigenvalue weighted by atomic mass is 14.2. The van der Waals surface area contributed by atoms with Crippen molar-refractivity contribution in [1.29, 1.82) is 0 Å². The molecular formula is C11H23. The van der Waals surface area contributed by atoms with Gasteiger partial charge in [-0.05, 0) is 30.6 Å². The monoisotopic (exact) mass is 155 g/mol. The Bertz CT molecular complexity index is 95.1. The van der Waals surface area contributed by atoms with Crippen LogP contribution in [0.2, 0.25) is 0 Å². The molecule has 0 heterocycles. The van der Waals surface area contributed by atoms with E-state index in [2.05, 4.69) is 41.5 Å². The molecule has 1 radical (unpaired) electrons. The van der Waals surface area contributed by atoms with Crippen LogP contribution >= 0.6 is 0 Å². The van der Waals surface area contributed by atoms with Crippen LogP contribution < -0.4 is 0 Å². The van der Waals surface area contributed by atoms with Gasteiger partial charge in [0.15, 0.2) is 0 Å². The van der Waals surface area contributed by atoms with Gasteiger partial charge in [-0.3, -0.25) is 0 Å². The van der Waals surface area contributed by atoms with Gasteiger partial charge in [0.25, 0.3) is 0 Å². The van der Waals surface area contributed by atoms with E-state index < -0.39 is 0 Å². The van der Waals surface area contributed by atoms with Gasteiger partial charge in [0, 0.05) is 0 Å². The van der Waals surface area contributed by atoms with Gasteiger partial charge in [-0.1, -0.05) is 41.0 Å². The molecule has 0 aliphatic rings. The highest BCUT2D eigenvalue weighted by molar-refractivity contribution is 4.77. The summed E-state index contributed by atoms with van der Waals surface area (Å²) in [5.74, 6) is 1.57. The van der Waals surface area contributed by atoms with E-state index in [0.29, 0.717) is 0 Å². The predicted octanol–water partition coefficient (Wildman–Crippen LogP) is 3.92. The fourth-order valence-corrected chi connectivity index (χ4v) is 0.974. The van der Waals surface area contributed by atoms with Crippen molar-refractivity contribution < 1.29 is 0 Å². The maximum Gasteiger partial charge on any atom is -0.0328 e. The van der Waals surface area contributed by atoms with Crippen molar-refractivity contribution in [3.8, 4) is 0 Å². The summed E-state index contributed by atoms with van der Waals surface area (Å²) in [6.07, 6.45) is 2.65. The molecule has 0 amide bonds. The lowest BCUT2D eigenvalue weighted by atomic mass is 9.78. The van der Waals surface area contributed by atoms with Crippen LogP contribution in [0.4, 0.5) is 0 Å². The molecule has 0 bridgehead atoms. The van der Waals surface area contributed by atoms with Crippen LogP contribution in [0.25, 0.3) is 0 Å². The maximum absolute atomic E-state index is 4.15. The standard InChI is InChI=1S/C11H23/c1-9(2)7-8-10(3)11(4,5)6/h9-10H,4,7-8H2,1-3,5-6H3. The van der Waals surface area contributed by atoms with Crippen LogP contribution in [0.15, 0.2) is 0 Å². The van der Waals surface area contributed by atoms with Crippen molar-refractivity contribution in [1.82, 2.24) is 0 Å². The van der Waals surface area contributed by atoms with Gasteiger partial charge in [-0.25, -0.2) is 0 Å². The molecule has 0 saturated carbocycles. The van der Waals surface area contributed by atoms with Crippen LogP contribution in [0.1, 0.15) is 47.5 Å². The van der Waals surface area contributed by atoms with E-state index in [1.165, 1.54) is 12.8 Å². The Balaban J connectivity index is 3.61. The zero-order valence-corrected chi connectivity index (χ0v) is 8.78. The highest BCUT2D eigenvalue weighted by Crippen LogP contribution is 2.29. The molecule has 0 aliphatic carbocycles. The van der Waals surface area contributed by atoms with Crippen molar-refractivity contribution in [3.05, 3.63) is 6.92 Å². The summed E-state index contributed by atoms with van der Waals surface area (Å²) in [5, 5.41) is 0. The zero-order valence-electron chi connectivity index (χ0n) is 8.78. The van der Waals surface area contributed by atoms with E-state index in [4.69, 9.17) is 0 Å². The lowest BCUT2D eigenvalue weighted by Crippen LogP contribution is -2.17. The summed E-state index contributed by atoms with van der Waals surface area (Å²) in [6, 6.07) is 0. The van der Waals surface area contributed by atoms with E-state index >= 15 is 0 Å². The first-order valence-electron chi connectivity index (χ1n) is 4.69. The summed E-state index contributed by atoms with van der Waals surface area (Å²) in [5.41, 5.74) is 0.245. The molecule has 0 aromatic heterocycles. The molecular weight excluding hydrogens is 132 g/mol. The molecule has 0 aromatic carbocycles. The molecule has 0 heteroatoms. The predicted molar refractivity (Wildman–Crippen MR) is 52.4 cm³/mol. The number of hydrogen-bond acceptors (Lipinski definition) is 0. The average Bonchev–Trinajstić information content (AvgIpc) is 1.80. The Labute approximate surface area is 72.4 Å². The Morgan fingerprint density at radius 2 is 1.55 bits per heavy atom. The SMILES string of the molecule is [CH2]C(C)(C)C(C)CCC(C)C. The Morgan fingerprint density at radius 1 is 1.09 bits per heavy atom. The first kappa shape index (κ1) is 11.0. The lowest BCUT2D eigenvalue weighted by molar-refractivity contribution is 0.269. The third kappa shape index (κ3) is 5.29. The fourth-order valence-electron chi connectivity index (χ4n) is 0.974. The molecule has 1 atom stereocenters. The molecule has 0 aromatic rings. The molecule has 0 aliphatic heterocycles. The van der Waals surface area contributed by atoms with E-state index in [9.17, 15) is 0 Å². The average molecular weight is 155 g/mol. The van der Waals surface area contributed by atoms with Gasteiger partial charge < -0.3 is 0 Å². The summed E-state index contributed by atoms with van der Waals surface area (Å²) >= 11 is 0. The molecule has 1 unspecified atom stereocenters. The molecule has 67 valence electrons. The highest BCUT2D eigenvalue weighted by Gasteiger charge is 2.19. The van der Waals surface area contributed by atoms with Crippen LogP contribution in [-0.4, -0.2) is 0 Å². The summed E-state index contributed by atoms with van der Waals surface area (Å²) in [4.78, 5) is 0. The second kappa shape index (κ2) is 4.13. The normalized spacial score (nSPS) is 15.5. The van der Waals surface area contributed by atoms with Gasteiger partial charge in [0.05, 0.1) is 0 Å². The second-order valence-electron chi connectivity index (χ2n) is 4.86. The van der Waals surface area contributed by atoms with Crippen LogP contribution in [0.5, 0.6) is 0 Å². The molecule has 11 heavy (non-hydrogen) atoms. The molecule has 0 rings (SSSR count). The zero-order chi connectivity index (χ0) is 9.07. The minimum atomic E-state index is 0.245. The van der Waals surface area contributed by atoms with E-state index in [1.807, 2.05) is 0 Å². The topological polar surface area (TPSA) is 0 Å². The van der Waals surface area contributed by atoms with Gasteiger partial charge in [-0.15, -0.1) is 0 Å². The third-order valence-electron chi connectivity index (χ3n) is 2.51. The lowest BCUT2D eigenvalue weighted by Gasteiger charge is -2.27. The van der Waals surface area contributed by atoms with Crippen molar-refractivity contribution in [2.75, 3.05) is 0 Å². The smallest absolute Gasteiger partial charge is 0.0328 e. The van der Waals surface area contributed by atoms with Gasteiger partial charge in [-0.2, -0.15) is 0 Å². The van der Waals surface area contributed by atoms with Crippen LogP contribution in [-0.2, 0) is 0 Å². The maximum atomic E-state index is 4.15. The number of rotatable bonds is 4. The minimum Gasteiger partial charge on any atom is -0.0628 e.